The second kappa shape index (κ2) is 5.50. The Morgan fingerprint density at radius 3 is 2.57 bits per heavy atom. The quantitative estimate of drug-likeness (QED) is 0.731. The van der Waals surface area contributed by atoms with Gasteiger partial charge in [0.05, 0.1) is 18.2 Å². The van der Waals surface area contributed by atoms with Crippen molar-refractivity contribution < 1.29 is 19.1 Å². The summed E-state index contributed by atoms with van der Waals surface area (Å²) in [5.74, 6) is 0.922. The predicted molar refractivity (Wildman–Crippen MR) is 82.5 cm³/mol. The number of carbonyl (C=O) groups excluding carboxylic acids is 2. The topological polar surface area (TPSA) is 62.3 Å². The van der Waals surface area contributed by atoms with Crippen molar-refractivity contribution in [3.8, 4) is 11.5 Å². The van der Waals surface area contributed by atoms with Gasteiger partial charge in [0.2, 0.25) is 12.7 Å². The molecule has 122 valence electrons. The molecule has 0 bridgehead atoms. The number of hydrogen-bond donors (Lipinski definition) is 0. The minimum Gasteiger partial charge on any atom is -0.454 e. The third-order valence-corrected chi connectivity index (χ3v) is 4.72. The molecule has 0 N–H and O–H groups in total. The van der Waals surface area contributed by atoms with E-state index in [2.05, 4.69) is 16.8 Å². The second-order valence-electron chi connectivity index (χ2n) is 6.16. The number of rotatable bonds is 2. The normalized spacial score (nSPS) is 25.4. The number of fused-ring (bicyclic) bond motifs is 1. The molecule has 23 heavy (non-hydrogen) atoms. The van der Waals surface area contributed by atoms with Gasteiger partial charge in [0.15, 0.2) is 11.5 Å². The minimum atomic E-state index is -0.346. The van der Waals surface area contributed by atoms with E-state index in [1.807, 2.05) is 0 Å². The van der Waals surface area contributed by atoms with Crippen LogP contribution < -0.4 is 14.4 Å². The van der Waals surface area contributed by atoms with Crippen LogP contribution in [0.15, 0.2) is 18.2 Å². The fourth-order valence-electron chi connectivity index (χ4n) is 3.33. The summed E-state index contributed by atoms with van der Waals surface area (Å²) in [6.07, 6.45) is 0.247. The van der Waals surface area contributed by atoms with Gasteiger partial charge in [-0.15, -0.1) is 0 Å². The highest BCUT2D eigenvalue weighted by Gasteiger charge is 2.43. The Balaban J connectivity index is 1.56. The number of likely N-dealkylation sites (N-methyl/N-ethyl adjacent to an activating group) is 1. The molecule has 3 aliphatic rings. The fourth-order valence-corrected chi connectivity index (χ4v) is 3.33. The van der Waals surface area contributed by atoms with E-state index in [0.29, 0.717) is 17.2 Å². The maximum absolute atomic E-state index is 12.8. The summed E-state index contributed by atoms with van der Waals surface area (Å²) in [6, 6.07) is 4.82. The molecule has 1 aromatic rings. The summed E-state index contributed by atoms with van der Waals surface area (Å²) >= 11 is 0. The highest BCUT2D eigenvalue weighted by molar-refractivity contribution is 6.22. The van der Waals surface area contributed by atoms with E-state index in [1.165, 1.54) is 4.90 Å². The predicted octanol–water partition coefficient (Wildman–Crippen LogP) is 0.295. The molecule has 1 atom stereocenters. The highest BCUT2D eigenvalue weighted by atomic mass is 16.7. The summed E-state index contributed by atoms with van der Waals surface area (Å²) < 4.78 is 10.6. The van der Waals surface area contributed by atoms with Gasteiger partial charge >= 0.3 is 0 Å². The average molecular weight is 317 g/mol. The standard InChI is InChI=1S/C16H19N3O4/c1-17-4-6-18(7-5-17)12-9-15(20)19(16(12)21)11-2-3-13-14(8-11)23-10-22-13/h2-3,8,12H,4-7,9-10H2,1H3. The van der Waals surface area contributed by atoms with Crippen LogP contribution in [0.1, 0.15) is 6.42 Å². The number of anilines is 1. The molecule has 1 unspecified atom stereocenters. The van der Waals surface area contributed by atoms with Crippen LogP contribution in [0.3, 0.4) is 0 Å². The highest BCUT2D eigenvalue weighted by Crippen LogP contribution is 2.37. The maximum Gasteiger partial charge on any atom is 0.251 e. The Hall–Kier alpha value is -2.12. The van der Waals surface area contributed by atoms with Gasteiger partial charge in [0.1, 0.15) is 0 Å². The third-order valence-electron chi connectivity index (χ3n) is 4.72. The molecule has 0 spiro atoms. The molecular formula is C16H19N3O4. The van der Waals surface area contributed by atoms with Gasteiger partial charge in [-0.25, -0.2) is 4.90 Å². The molecule has 7 heteroatoms. The Morgan fingerprint density at radius 1 is 1.04 bits per heavy atom. The molecule has 3 aliphatic heterocycles. The first-order valence-corrected chi connectivity index (χ1v) is 7.82. The number of piperazine rings is 1. The summed E-state index contributed by atoms with van der Waals surface area (Å²) in [6.45, 7) is 3.64. The molecule has 1 aromatic carbocycles. The first-order valence-electron chi connectivity index (χ1n) is 7.82. The van der Waals surface area contributed by atoms with Crippen molar-refractivity contribution in [2.75, 3.05) is 44.9 Å². The lowest BCUT2D eigenvalue weighted by Crippen LogP contribution is -2.51. The lowest BCUT2D eigenvalue weighted by molar-refractivity contribution is -0.123. The zero-order valence-electron chi connectivity index (χ0n) is 13.0. The van der Waals surface area contributed by atoms with Crippen LogP contribution in [-0.4, -0.2) is 67.7 Å². The molecule has 4 rings (SSSR count). The minimum absolute atomic E-state index is 0.140. The summed E-state index contributed by atoms with van der Waals surface area (Å²) in [4.78, 5) is 30.8. The molecule has 0 saturated carbocycles. The maximum atomic E-state index is 12.8. The first-order chi connectivity index (χ1) is 11.1. The number of benzene rings is 1. The summed E-state index contributed by atoms with van der Waals surface area (Å²) in [5, 5.41) is 0. The van der Waals surface area contributed by atoms with E-state index in [-0.39, 0.29) is 31.1 Å². The van der Waals surface area contributed by atoms with Crippen LogP contribution in [0.5, 0.6) is 11.5 Å². The van der Waals surface area contributed by atoms with Crippen LogP contribution in [0.2, 0.25) is 0 Å². The molecule has 2 saturated heterocycles. The SMILES string of the molecule is CN1CCN(C2CC(=O)N(c3ccc4c(c3)OCO4)C2=O)CC1. The average Bonchev–Trinajstić information content (AvgIpc) is 3.12. The van der Waals surface area contributed by atoms with Crippen molar-refractivity contribution in [2.24, 2.45) is 0 Å². The Kier molecular flexibility index (Phi) is 3.46. The van der Waals surface area contributed by atoms with Crippen molar-refractivity contribution in [1.29, 1.82) is 0 Å². The van der Waals surface area contributed by atoms with Gasteiger partial charge in [-0.3, -0.25) is 14.5 Å². The Labute approximate surface area is 134 Å². The zero-order chi connectivity index (χ0) is 16.0. The van der Waals surface area contributed by atoms with Crippen molar-refractivity contribution in [2.45, 2.75) is 12.5 Å². The van der Waals surface area contributed by atoms with Gasteiger partial charge in [0.25, 0.3) is 5.91 Å². The van der Waals surface area contributed by atoms with Crippen molar-refractivity contribution in [3.63, 3.8) is 0 Å². The van der Waals surface area contributed by atoms with Gasteiger partial charge in [-0.2, -0.15) is 0 Å². The van der Waals surface area contributed by atoms with E-state index < -0.39 is 0 Å². The number of imide groups is 1. The fraction of sp³-hybridized carbons (Fsp3) is 0.500. The Bertz CT molecular complexity index is 655. The van der Waals surface area contributed by atoms with E-state index in [1.54, 1.807) is 18.2 Å². The van der Waals surface area contributed by atoms with Crippen LogP contribution in [0.4, 0.5) is 5.69 Å². The van der Waals surface area contributed by atoms with Crippen LogP contribution in [0, 0.1) is 0 Å². The number of nitrogens with zero attached hydrogens (tertiary/aromatic N) is 3. The van der Waals surface area contributed by atoms with Gasteiger partial charge in [0, 0.05) is 32.2 Å². The molecule has 0 aliphatic carbocycles. The third kappa shape index (κ3) is 2.46. The largest absolute Gasteiger partial charge is 0.454 e. The van der Waals surface area contributed by atoms with Crippen LogP contribution in [-0.2, 0) is 9.59 Å². The first kappa shape index (κ1) is 14.5. The molecule has 0 radical (unpaired) electrons. The van der Waals surface area contributed by atoms with Crippen LogP contribution >= 0.6 is 0 Å². The lowest BCUT2D eigenvalue weighted by Gasteiger charge is -2.35. The van der Waals surface area contributed by atoms with E-state index in [0.717, 1.165) is 26.2 Å². The van der Waals surface area contributed by atoms with E-state index in [4.69, 9.17) is 9.47 Å². The van der Waals surface area contributed by atoms with E-state index >= 15 is 0 Å². The smallest absolute Gasteiger partial charge is 0.251 e. The number of amides is 2. The van der Waals surface area contributed by atoms with Crippen molar-refractivity contribution >= 4 is 17.5 Å². The van der Waals surface area contributed by atoms with Gasteiger partial charge < -0.3 is 14.4 Å². The van der Waals surface area contributed by atoms with Crippen LogP contribution in [0.25, 0.3) is 0 Å². The lowest BCUT2D eigenvalue weighted by atomic mass is 10.2. The molecule has 0 aromatic heterocycles. The molecular weight excluding hydrogens is 298 g/mol. The second-order valence-corrected chi connectivity index (χ2v) is 6.16. The number of carbonyl (C=O) groups is 2. The number of ether oxygens (including phenoxy) is 2. The zero-order valence-corrected chi connectivity index (χ0v) is 13.0. The van der Waals surface area contributed by atoms with Crippen molar-refractivity contribution in [1.82, 2.24) is 9.80 Å². The van der Waals surface area contributed by atoms with Crippen molar-refractivity contribution in [3.05, 3.63) is 18.2 Å². The summed E-state index contributed by atoms with van der Waals surface area (Å²) in [5.41, 5.74) is 0.556. The monoisotopic (exact) mass is 317 g/mol. The van der Waals surface area contributed by atoms with Gasteiger partial charge in [-0.05, 0) is 19.2 Å². The Morgan fingerprint density at radius 2 is 1.78 bits per heavy atom. The number of hydrogen-bond acceptors (Lipinski definition) is 6. The molecule has 3 heterocycles. The molecule has 2 amide bonds. The van der Waals surface area contributed by atoms with E-state index in [9.17, 15) is 9.59 Å². The summed E-state index contributed by atoms with van der Waals surface area (Å²) in [7, 11) is 2.07. The molecule has 2 fully saturated rings. The molecule has 7 nitrogen and oxygen atoms in total. The van der Waals surface area contributed by atoms with Gasteiger partial charge in [-0.1, -0.05) is 0 Å².